The largest absolute Gasteiger partial charge is 0.497 e. The molecule has 6 nitrogen and oxygen atoms in total. The number of aromatic nitrogens is 2. The fraction of sp³-hybridized carbons (Fsp3) is 0.167. The summed E-state index contributed by atoms with van der Waals surface area (Å²) < 4.78 is 5.88. The van der Waals surface area contributed by atoms with Crippen molar-refractivity contribution in [2.24, 2.45) is 0 Å². The van der Waals surface area contributed by atoms with Gasteiger partial charge in [0.05, 0.1) is 12.9 Å². The summed E-state index contributed by atoms with van der Waals surface area (Å²) in [6.45, 7) is 0.528. The van der Waals surface area contributed by atoms with Gasteiger partial charge in [-0.2, -0.15) is 0 Å². The molecule has 1 heterocycles. The van der Waals surface area contributed by atoms with Crippen molar-refractivity contribution in [2.75, 3.05) is 18.2 Å². The van der Waals surface area contributed by atoms with Gasteiger partial charge in [0.15, 0.2) is 4.34 Å². The summed E-state index contributed by atoms with van der Waals surface area (Å²) in [7, 11) is 1.63. The predicted molar refractivity (Wildman–Crippen MR) is 105 cm³/mol. The van der Waals surface area contributed by atoms with Crippen molar-refractivity contribution in [1.82, 2.24) is 15.5 Å². The zero-order chi connectivity index (χ0) is 18.2. The lowest BCUT2D eigenvalue weighted by Gasteiger charge is -2.04. The van der Waals surface area contributed by atoms with Crippen molar-refractivity contribution < 1.29 is 9.53 Å². The van der Waals surface area contributed by atoms with Gasteiger partial charge in [0, 0.05) is 12.2 Å². The summed E-state index contributed by atoms with van der Waals surface area (Å²) in [5, 5.41) is 15.0. The normalized spacial score (nSPS) is 10.3. The minimum Gasteiger partial charge on any atom is -0.497 e. The lowest BCUT2D eigenvalue weighted by Crippen LogP contribution is -2.24. The molecule has 0 saturated heterocycles. The number of hydrogen-bond acceptors (Lipinski definition) is 7. The molecule has 0 unspecified atom stereocenters. The second-order valence-electron chi connectivity index (χ2n) is 5.28. The van der Waals surface area contributed by atoms with Gasteiger partial charge in [0.1, 0.15) is 5.75 Å². The molecule has 0 fully saturated rings. The van der Waals surface area contributed by atoms with E-state index in [-0.39, 0.29) is 5.91 Å². The average Bonchev–Trinajstić information content (AvgIpc) is 3.13. The molecule has 0 aliphatic rings. The topological polar surface area (TPSA) is 76.1 Å². The van der Waals surface area contributed by atoms with Crippen LogP contribution in [0, 0.1) is 0 Å². The molecule has 0 saturated carbocycles. The number of amides is 1. The standard InChI is InChI=1S/C18H18N4O2S2/c1-24-15-9-7-14(8-10-15)20-17-21-22-18(26-17)25-12-16(23)19-11-13-5-3-2-4-6-13/h2-10H,11-12H2,1H3,(H,19,23)(H,20,21). The van der Waals surface area contributed by atoms with Crippen LogP contribution in [0.25, 0.3) is 0 Å². The lowest BCUT2D eigenvalue weighted by atomic mass is 10.2. The maximum absolute atomic E-state index is 11.9. The number of anilines is 2. The highest BCUT2D eigenvalue weighted by Gasteiger charge is 2.08. The highest BCUT2D eigenvalue weighted by Crippen LogP contribution is 2.28. The van der Waals surface area contributed by atoms with Gasteiger partial charge in [-0.05, 0) is 29.8 Å². The highest BCUT2D eigenvalue weighted by atomic mass is 32.2. The van der Waals surface area contributed by atoms with Gasteiger partial charge >= 0.3 is 0 Å². The molecule has 0 aliphatic carbocycles. The Morgan fingerprint density at radius 3 is 2.62 bits per heavy atom. The zero-order valence-corrected chi connectivity index (χ0v) is 15.8. The number of benzene rings is 2. The molecule has 3 aromatic rings. The number of hydrogen-bond donors (Lipinski definition) is 2. The summed E-state index contributed by atoms with van der Waals surface area (Å²) in [5.74, 6) is 1.08. The van der Waals surface area contributed by atoms with E-state index in [1.165, 1.54) is 23.1 Å². The SMILES string of the molecule is COc1ccc(Nc2nnc(SCC(=O)NCc3ccccc3)s2)cc1. The minimum absolute atomic E-state index is 0.0290. The van der Waals surface area contributed by atoms with Gasteiger partial charge in [0.25, 0.3) is 0 Å². The minimum atomic E-state index is -0.0290. The third-order valence-corrected chi connectivity index (χ3v) is 5.38. The van der Waals surface area contributed by atoms with Crippen molar-refractivity contribution in [3.63, 3.8) is 0 Å². The zero-order valence-electron chi connectivity index (χ0n) is 14.1. The van der Waals surface area contributed by atoms with E-state index in [4.69, 9.17) is 4.74 Å². The monoisotopic (exact) mass is 386 g/mol. The Hall–Kier alpha value is -2.58. The van der Waals surface area contributed by atoms with Crippen LogP contribution in [0.5, 0.6) is 5.75 Å². The van der Waals surface area contributed by atoms with E-state index in [9.17, 15) is 4.79 Å². The Labute approximate surface area is 160 Å². The lowest BCUT2D eigenvalue weighted by molar-refractivity contribution is -0.118. The number of thioether (sulfide) groups is 1. The molecule has 134 valence electrons. The maximum atomic E-state index is 11.9. The van der Waals surface area contributed by atoms with Gasteiger partial charge in [-0.1, -0.05) is 53.4 Å². The van der Waals surface area contributed by atoms with Crippen LogP contribution in [-0.2, 0) is 11.3 Å². The van der Waals surface area contributed by atoms with E-state index < -0.39 is 0 Å². The molecular formula is C18H18N4O2S2. The second-order valence-corrected chi connectivity index (χ2v) is 7.48. The fourth-order valence-electron chi connectivity index (χ4n) is 2.09. The number of rotatable bonds is 8. The summed E-state index contributed by atoms with van der Waals surface area (Å²) in [4.78, 5) is 11.9. The summed E-state index contributed by atoms with van der Waals surface area (Å²) >= 11 is 2.79. The van der Waals surface area contributed by atoms with Crippen LogP contribution in [0.2, 0.25) is 0 Å². The third-order valence-electron chi connectivity index (χ3n) is 3.41. The number of nitrogens with one attached hydrogen (secondary N) is 2. The van der Waals surface area contributed by atoms with Crippen LogP contribution in [-0.4, -0.2) is 29.0 Å². The molecule has 1 aromatic heterocycles. The molecule has 0 bridgehead atoms. The van der Waals surface area contributed by atoms with Crippen molar-refractivity contribution in [3.05, 3.63) is 60.2 Å². The Balaban J connectivity index is 1.45. The first-order chi connectivity index (χ1) is 12.7. The number of methoxy groups -OCH3 is 1. The van der Waals surface area contributed by atoms with Gasteiger partial charge in [-0.3, -0.25) is 4.79 Å². The molecule has 2 N–H and O–H groups in total. The van der Waals surface area contributed by atoms with Crippen LogP contribution in [0.1, 0.15) is 5.56 Å². The number of nitrogens with zero attached hydrogens (tertiary/aromatic N) is 2. The second kappa shape index (κ2) is 9.21. The average molecular weight is 387 g/mol. The molecule has 0 spiro atoms. The van der Waals surface area contributed by atoms with Crippen LogP contribution in [0.15, 0.2) is 58.9 Å². The molecule has 8 heteroatoms. The summed E-state index contributed by atoms with van der Waals surface area (Å²) in [5.41, 5.74) is 1.98. The Morgan fingerprint density at radius 1 is 1.12 bits per heavy atom. The van der Waals surface area contributed by atoms with Crippen LogP contribution in [0.4, 0.5) is 10.8 Å². The van der Waals surface area contributed by atoms with E-state index >= 15 is 0 Å². The molecule has 0 radical (unpaired) electrons. The quantitative estimate of drug-likeness (QED) is 0.575. The fourth-order valence-corrected chi connectivity index (χ4v) is 3.69. The van der Waals surface area contributed by atoms with Gasteiger partial charge in [0.2, 0.25) is 11.0 Å². The number of carbonyl (C=O) groups excluding carboxylic acids is 1. The first-order valence-corrected chi connectivity index (χ1v) is 9.71. The van der Waals surface area contributed by atoms with Crippen molar-refractivity contribution >= 4 is 39.8 Å². The molecule has 26 heavy (non-hydrogen) atoms. The smallest absolute Gasteiger partial charge is 0.230 e. The highest BCUT2D eigenvalue weighted by molar-refractivity contribution is 8.01. The molecule has 0 aliphatic heterocycles. The van der Waals surface area contributed by atoms with Gasteiger partial charge in [-0.15, -0.1) is 10.2 Å². The molecule has 2 aromatic carbocycles. The predicted octanol–water partition coefficient (Wildman–Crippen LogP) is 3.70. The first-order valence-electron chi connectivity index (χ1n) is 7.91. The van der Waals surface area contributed by atoms with E-state index in [1.807, 2.05) is 54.6 Å². The van der Waals surface area contributed by atoms with E-state index in [1.54, 1.807) is 7.11 Å². The Bertz CT molecular complexity index is 838. The van der Waals surface area contributed by atoms with Crippen LogP contribution >= 0.6 is 23.1 Å². The molecule has 0 atom stereocenters. The number of carbonyl (C=O) groups is 1. The van der Waals surface area contributed by atoms with Gasteiger partial charge < -0.3 is 15.4 Å². The van der Waals surface area contributed by atoms with E-state index in [0.29, 0.717) is 17.4 Å². The van der Waals surface area contributed by atoms with Crippen LogP contribution < -0.4 is 15.4 Å². The molecule has 3 rings (SSSR count). The maximum Gasteiger partial charge on any atom is 0.230 e. The van der Waals surface area contributed by atoms with Crippen molar-refractivity contribution in [1.29, 1.82) is 0 Å². The Morgan fingerprint density at radius 2 is 1.88 bits per heavy atom. The van der Waals surface area contributed by atoms with Crippen LogP contribution in [0.3, 0.4) is 0 Å². The van der Waals surface area contributed by atoms with Crippen molar-refractivity contribution in [3.8, 4) is 5.75 Å². The number of ether oxygens (including phenoxy) is 1. The summed E-state index contributed by atoms with van der Waals surface area (Å²) in [6, 6.07) is 17.4. The molecule has 1 amide bonds. The van der Waals surface area contributed by atoms with E-state index in [0.717, 1.165) is 21.3 Å². The van der Waals surface area contributed by atoms with E-state index in [2.05, 4.69) is 20.8 Å². The first kappa shape index (κ1) is 18.2. The molecular weight excluding hydrogens is 368 g/mol. The van der Waals surface area contributed by atoms with Gasteiger partial charge in [-0.25, -0.2) is 0 Å². The Kier molecular flexibility index (Phi) is 6.45. The summed E-state index contributed by atoms with van der Waals surface area (Å²) in [6.07, 6.45) is 0. The van der Waals surface area contributed by atoms with Crippen molar-refractivity contribution in [2.45, 2.75) is 10.9 Å². The third kappa shape index (κ3) is 5.47.